The first-order chi connectivity index (χ1) is 15.3. The lowest BCUT2D eigenvalue weighted by atomic mass is 9.70. The Morgan fingerprint density at radius 2 is 1.84 bits per heavy atom. The molecule has 166 valence electrons. The molecule has 6 rings (SSSR count). The van der Waals surface area contributed by atoms with E-state index in [2.05, 4.69) is 19.9 Å². The summed E-state index contributed by atoms with van der Waals surface area (Å²) in [6.07, 6.45) is 6.59. The zero-order valence-electron chi connectivity index (χ0n) is 18.7. The molecule has 0 bridgehead atoms. The molecule has 0 saturated heterocycles. The Bertz CT molecular complexity index is 1200. The fourth-order valence-corrected chi connectivity index (χ4v) is 5.04. The molecule has 4 heterocycles. The Morgan fingerprint density at radius 1 is 1.06 bits per heavy atom. The molecule has 0 fully saturated rings. The average Bonchev–Trinajstić information content (AvgIpc) is 3.32. The summed E-state index contributed by atoms with van der Waals surface area (Å²) >= 11 is 0. The van der Waals surface area contributed by atoms with Crippen LogP contribution in [0, 0.1) is 0 Å². The molecule has 0 radical (unpaired) electrons. The zero-order valence-corrected chi connectivity index (χ0v) is 18.7. The second-order valence-corrected chi connectivity index (χ2v) is 9.73. The van der Waals surface area contributed by atoms with E-state index in [0.717, 1.165) is 34.6 Å². The minimum atomic E-state index is -0.499. The molecule has 0 aliphatic carbocycles. The summed E-state index contributed by atoms with van der Waals surface area (Å²) in [6.45, 7) is 8.74. The highest BCUT2D eigenvalue weighted by Crippen LogP contribution is 2.61. The van der Waals surface area contributed by atoms with Crippen LogP contribution in [0.2, 0.25) is 0 Å². The highest BCUT2D eigenvalue weighted by Gasteiger charge is 2.55. The number of ether oxygens (including phenoxy) is 5. The van der Waals surface area contributed by atoms with Crippen molar-refractivity contribution in [2.45, 2.75) is 51.2 Å². The highest BCUT2D eigenvalue weighted by atomic mass is 16.7. The monoisotopic (exact) mass is 434 g/mol. The van der Waals surface area contributed by atoms with Crippen molar-refractivity contribution in [2.24, 2.45) is 0 Å². The fourth-order valence-electron chi connectivity index (χ4n) is 5.04. The number of phenols is 1. The van der Waals surface area contributed by atoms with Gasteiger partial charge in [0, 0.05) is 17.2 Å². The Labute approximate surface area is 187 Å². The van der Waals surface area contributed by atoms with Gasteiger partial charge in [-0.05, 0) is 58.4 Å². The van der Waals surface area contributed by atoms with Gasteiger partial charge in [-0.15, -0.1) is 0 Å². The molecule has 32 heavy (non-hydrogen) atoms. The molecular weight excluding hydrogens is 408 g/mol. The van der Waals surface area contributed by atoms with E-state index in [-0.39, 0.29) is 18.6 Å². The third-order valence-corrected chi connectivity index (χ3v) is 6.68. The Hall–Kier alpha value is -3.28. The second kappa shape index (κ2) is 6.37. The number of fused-ring (bicyclic) bond motifs is 8. The van der Waals surface area contributed by atoms with Gasteiger partial charge in [0.05, 0.1) is 11.0 Å². The standard InChI is InChI=1S/C26H26O6/c1-14(2)5-8-26-12-28-22-15-6-7-25(3,4)32-23(15)18(27)9-16(22)24(26)31-19-11-21-20(10-17(19)26)29-13-30-21/h5-7,9-11,24,27H,8,12-13H2,1-4H3/t24-,26-/m1/s1. The van der Waals surface area contributed by atoms with Crippen LogP contribution in [0.3, 0.4) is 0 Å². The van der Waals surface area contributed by atoms with E-state index in [9.17, 15) is 5.11 Å². The van der Waals surface area contributed by atoms with Crippen molar-refractivity contribution in [3.05, 3.63) is 52.6 Å². The van der Waals surface area contributed by atoms with Crippen LogP contribution in [0.4, 0.5) is 0 Å². The predicted molar refractivity (Wildman–Crippen MR) is 119 cm³/mol. The van der Waals surface area contributed by atoms with Gasteiger partial charge in [0.2, 0.25) is 6.79 Å². The number of hydrogen-bond acceptors (Lipinski definition) is 6. The number of aromatic hydroxyl groups is 1. The van der Waals surface area contributed by atoms with Gasteiger partial charge in [0.1, 0.15) is 29.8 Å². The molecular formula is C26H26O6. The summed E-state index contributed by atoms with van der Waals surface area (Å²) < 4.78 is 30.3. The lowest BCUT2D eigenvalue weighted by molar-refractivity contribution is 0.0705. The Kier molecular flexibility index (Phi) is 3.87. The predicted octanol–water partition coefficient (Wildman–Crippen LogP) is 5.43. The first-order valence-electron chi connectivity index (χ1n) is 10.9. The van der Waals surface area contributed by atoms with Crippen LogP contribution in [0.25, 0.3) is 6.08 Å². The molecule has 0 unspecified atom stereocenters. The number of phenolic OH excluding ortho intramolecular Hbond substituents is 1. The normalized spacial score (nSPS) is 24.8. The van der Waals surface area contributed by atoms with Crippen molar-refractivity contribution in [3.63, 3.8) is 0 Å². The molecule has 0 aromatic heterocycles. The summed E-state index contributed by atoms with van der Waals surface area (Å²) in [5, 5.41) is 10.9. The molecule has 1 N–H and O–H groups in total. The van der Waals surface area contributed by atoms with Crippen molar-refractivity contribution in [2.75, 3.05) is 13.4 Å². The first-order valence-corrected chi connectivity index (χ1v) is 10.9. The lowest BCUT2D eigenvalue weighted by Gasteiger charge is -2.40. The van der Waals surface area contributed by atoms with E-state index in [1.807, 2.05) is 38.1 Å². The number of benzene rings is 2. The molecule has 2 atom stereocenters. The Morgan fingerprint density at radius 3 is 2.62 bits per heavy atom. The van der Waals surface area contributed by atoms with Gasteiger partial charge in [-0.3, -0.25) is 0 Å². The van der Waals surface area contributed by atoms with Crippen molar-refractivity contribution in [1.82, 2.24) is 0 Å². The van der Waals surface area contributed by atoms with Crippen LogP contribution < -0.4 is 23.7 Å². The van der Waals surface area contributed by atoms with Gasteiger partial charge < -0.3 is 28.8 Å². The minimum absolute atomic E-state index is 0.0894. The summed E-state index contributed by atoms with van der Waals surface area (Å²) in [5.74, 6) is 3.42. The summed E-state index contributed by atoms with van der Waals surface area (Å²) in [6, 6.07) is 5.66. The first kappa shape index (κ1) is 19.4. The molecule has 6 heteroatoms. The van der Waals surface area contributed by atoms with E-state index in [1.54, 1.807) is 6.07 Å². The van der Waals surface area contributed by atoms with E-state index in [4.69, 9.17) is 23.7 Å². The van der Waals surface area contributed by atoms with Crippen LogP contribution in [0.15, 0.2) is 35.9 Å². The summed E-state index contributed by atoms with van der Waals surface area (Å²) in [7, 11) is 0. The maximum Gasteiger partial charge on any atom is 0.231 e. The van der Waals surface area contributed by atoms with Gasteiger partial charge >= 0.3 is 0 Å². The Balaban J connectivity index is 1.53. The van der Waals surface area contributed by atoms with Crippen molar-refractivity contribution >= 4 is 6.08 Å². The van der Waals surface area contributed by atoms with Gasteiger partial charge in [0.25, 0.3) is 0 Å². The van der Waals surface area contributed by atoms with Crippen LogP contribution in [-0.2, 0) is 5.41 Å². The molecule has 4 aliphatic rings. The molecule has 0 amide bonds. The van der Waals surface area contributed by atoms with Crippen LogP contribution in [0.5, 0.6) is 34.5 Å². The average molecular weight is 434 g/mol. The van der Waals surface area contributed by atoms with Crippen molar-refractivity contribution in [1.29, 1.82) is 0 Å². The number of rotatable bonds is 2. The van der Waals surface area contributed by atoms with Crippen molar-refractivity contribution in [3.8, 4) is 34.5 Å². The summed E-state index contributed by atoms with van der Waals surface area (Å²) in [4.78, 5) is 0. The molecule has 6 nitrogen and oxygen atoms in total. The quantitative estimate of drug-likeness (QED) is 0.636. The van der Waals surface area contributed by atoms with Crippen LogP contribution in [-0.4, -0.2) is 24.1 Å². The number of hydrogen-bond donors (Lipinski definition) is 1. The SMILES string of the molecule is CC(C)=CC[C@]12COc3c(cc(O)c4c3C=CC(C)(C)O4)[C@H]1Oc1cc3c(cc12)OCO3. The van der Waals surface area contributed by atoms with E-state index < -0.39 is 11.0 Å². The lowest BCUT2D eigenvalue weighted by Crippen LogP contribution is -2.41. The van der Waals surface area contributed by atoms with E-state index in [1.165, 1.54) is 5.57 Å². The van der Waals surface area contributed by atoms with Gasteiger partial charge in [0.15, 0.2) is 23.0 Å². The zero-order chi connectivity index (χ0) is 22.3. The minimum Gasteiger partial charge on any atom is -0.504 e. The highest BCUT2D eigenvalue weighted by molar-refractivity contribution is 5.74. The van der Waals surface area contributed by atoms with Gasteiger partial charge in [-0.1, -0.05) is 11.6 Å². The molecule has 2 aromatic rings. The smallest absolute Gasteiger partial charge is 0.231 e. The van der Waals surface area contributed by atoms with E-state index >= 15 is 0 Å². The van der Waals surface area contributed by atoms with Gasteiger partial charge in [-0.2, -0.15) is 0 Å². The van der Waals surface area contributed by atoms with Crippen LogP contribution >= 0.6 is 0 Å². The topological polar surface area (TPSA) is 66.4 Å². The van der Waals surface area contributed by atoms with Crippen molar-refractivity contribution < 1.29 is 28.8 Å². The van der Waals surface area contributed by atoms with Gasteiger partial charge in [-0.25, -0.2) is 0 Å². The molecule has 0 saturated carbocycles. The molecule has 0 spiro atoms. The fraction of sp³-hybridized carbons (Fsp3) is 0.385. The third-order valence-electron chi connectivity index (χ3n) is 6.68. The maximum absolute atomic E-state index is 10.9. The van der Waals surface area contributed by atoms with E-state index in [0.29, 0.717) is 23.9 Å². The molecule has 2 aromatic carbocycles. The maximum atomic E-state index is 10.9. The third kappa shape index (κ3) is 2.65. The largest absolute Gasteiger partial charge is 0.504 e. The second-order valence-electron chi connectivity index (χ2n) is 9.73. The number of allylic oxidation sites excluding steroid dienone is 2. The van der Waals surface area contributed by atoms with Crippen LogP contribution in [0.1, 0.15) is 56.9 Å². The summed E-state index contributed by atoms with van der Waals surface area (Å²) in [5.41, 5.74) is 2.90. The molecule has 4 aliphatic heterocycles.